The van der Waals surface area contributed by atoms with Crippen molar-refractivity contribution in [3.8, 4) is 0 Å². The highest BCUT2D eigenvalue weighted by atomic mass is 32.2. The molecule has 2 saturated heterocycles. The molecule has 0 aromatic carbocycles. The average molecular weight is 302 g/mol. The van der Waals surface area contributed by atoms with Gasteiger partial charge in [-0.2, -0.15) is 0 Å². The molecule has 0 aromatic rings. The van der Waals surface area contributed by atoms with Gasteiger partial charge in [-0.25, -0.2) is 4.79 Å². The minimum absolute atomic E-state index is 0.0289. The molecule has 2 amide bonds. The lowest BCUT2D eigenvalue weighted by Crippen LogP contribution is -2.35. The fourth-order valence-electron chi connectivity index (χ4n) is 2.22. The number of thioether (sulfide) groups is 1. The molecule has 0 aromatic heterocycles. The zero-order valence-electron chi connectivity index (χ0n) is 11.0. The second-order valence-electron chi connectivity index (χ2n) is 4.82. The van der Waals surface area contributed by atoms with Crippen LogP contribution in [0.2, 0.25) is 0 Å². The van der Waals surface area contributed by atoms with E-state index in [2.05, 4.69) is 5.32 Å². The van der Waals surface area contributed by atoms with E-state index in [1.54, 1.807) is 4.90 Å². The van der Waals surface area contributed by atoms with Gasteiger partial charge >= 0.3 is 5.97 Å². The Morgan fingerprint density at radius 3 is 2.85 bits per heavy atom. The van der Waals surface area contributed by atoms with Crippen molar-refractivity contribution in [1.29, 1.82) is 0 Å². The number of hydrogen-bond donors (Lipinski definition) is 2. The number of carbonyl (C=O) groups excluding carboxylic acids is 2. The van der Waals surface area contributed by atoms with Gasteiger partial charge in [-0.1, -0.05) is 11.8 Å². The number of carbonyl (C=O) groups is 3. The molecule has 7 nitrogen and oxygen atoms in total. The summed E-state index contributed by atoms with van der Waals surface area (Å²) < 4.78 is 5.29. The first-order valence-corrected chi connectivity index (χ1v) is 7.61. The number of carboxylic acids is 1. The van der Waals surface area contributed by atoms with Crippen molar-refractivity contribution in [2.75, 3.05) is 25.4 Å². The average Bonchev–Trinajstić information content (AvgIpc) is 3.03. The number of rotatable bonds is 6. The number of ether oxygens (including phenoxy) is 1. The number of hydrogen-bond acceptors (Lipinski definition) is 5. The first-order chi connectivity index (χ1) is 9.56. The van der Waals surface area contributed by atoms with Crippen molar-refractivity contribution in [2.45, 2.75) is 31.5 Å². The highest BCUT2D eigenvalue weighted by Gasteiger charge is 2.30. The molecule has 2 unspecified atom stereocenters. The molecule has 0 bridgehead atoms. The molecule has 0 aliphatic carbocycles. The van der Waals surface area contributed by atoms with Crippen LogP contribution in [0.3, 0.4) is 0 Å². The summed E-state index contributed by atoms with van der Waals surface area (Å²) in [6.45, 7) is 1.45. The van der Waals surface area contributed by atoms with Crippen LogP contribution in [-0.4, -0.2) is 64.7 Å². The van der Waals surface area contributed by atoms with Crippen molar-refractivity contribution in [3.05, 3.63) is 0 Å². The third-order valence-electron chi connectivity index (χ3n) is 3.36. The largest absolute Gasteiger partial charge is 0.479 e. The molecule has 0 saturated carbocycles. The van der Waals surface area contributed by atoms with E-state index in [1.807, 2.05) is 0 Å². The van der Waals surface area contributed by atoms with Crippen LogP contribution < -0.4 is 5.32 Å². The molecule has 0 spiro atoms. The number of nitrogens with zero attached hydrogens (tertiary/aromatic N) is 1. The van der Waals surface area contributed by atoms with Crippen LogP contribution in [0.5, 0.6) is 0 Å². The lowest BCUT2D eigenvalue weighted by atomic mass is 10.2. The Morgan fingerprint density at radius 1 is 1.45 bits per heavy atom. The Hall–Kier alpha value is -1.28. The van der Waals surface area contributed by atoms with Crippen LogP contribution in [0.1, 0.15) is 19.3 Å². The van der Waals surface area contributed by atoms with Crippen molar-refractivity contribution in [1.82, 2.24) is 10.2 Å². The molecule has 2 aliphatic heterocycles. The van der Waals surface area contributed by atoms with E-state index in [4.69, 9.17) is 9.84 Å². The van der Waals surface area contributed by atoms with Crippen LogP contribution in [0.4, 0.5) is 4.79 Å². The van der Waals surface area contributed by atoms with Gasteiger partial charge in [0.15, 0.2) is 6.10 Å². The molecule has 2 atom stereocenters. The lowest BCUT2D eigenvalue weighted by molar-refractivity contribution is -0.149. The Bertz CT molecular complexity index is 403. The van der Waals surface area contributed by atoms with E-state index in [9.17, 15) is 14.4 Å². The molecular formula is C12H18N2O5S. The van der Waals surface area contributed by atoms with E-state index < -0.39 is 12.1 Å². The fraction of sp³-hybridized carbons (Fsp3) is 0.750. The summed E-state index contributed by atoms with van der Waals surface area (Å²) in [5.41, 5.74) is 0. The van der Waals surface area contributed by atoms with Gasteiger partial charge < -0.3 is 20.1 Å². The third-order valence-corrected chi connectivity index (χ3v) is 4.26. The standard InChI is InChI=1S/C12H18N2O5S/c15-10(3-4-14-5-6-20-12(14)18)13-7-8-1-2-9(19-8)11(16)17/h8-9H,1-7H2,(H,13,15)(H,16,17). The maximum atomic E-state index is 11.7. The van der Waals surface area contributed by atoms with Gasteiger partial charge in [-0.3, -0.25) is 9.59 Å². The monoisotopic (exact) mass is 302 g/mol. The van der Waals surface area contributed by atoms with Gasteiger partial charge in [0.25, 0.3) is 5.24 Å². The fourth-order valence-corrected chi connectivity index (χ4v) is 3.07. The Labute approximate surface area is 121 Å². The molecule has 2 heterocycles. The molecule has 2 rings (SSSR count). The van der Waals surface area contributed by atoms with Crippen LogP contribution in [0, 0.1) is 0 Å². The van der Waals surface area contributed by atoms with E-state index >= 15 is 0 Å². The summed E-state index contributed by atoms with van der Waals surface area (Å²) in [6, 6.07) is 0. The highest BCUT2D eigenvalue weighted by molar-refractivity contribution is 8.13. The predicted molar refractivity (Wildman–Crippen MR) is 72.6 cm³/mol. The van der Waals surface area contributed by atoms with Crippen molar-refractivity contribution in [2.24, 2.45) is 0 Å². The summed E-state index contributed by atoms with van der Waals surface area (Å²) in [5, 5.41) is 11.5. The zero-order valence-corrected chi connectivity index (χ0v) is 11.9. The second kappa shape index (κ2) is 6.94. The molecule has 2 fully saturated rings. The van der Waals surface area contributed by atoms with Crippen LogP contribution >= 0.6 is 11.8 Å². The van der Waals surface area contributed by atoms with E-state index in [0.717, 1.165) is 5.75 Å². The van der Waals surface area contributed by atoms with Gasteiger partial charge in [-0.05, 0) is 12.8 Å². The molecule has 2 aliphatic rings. The number of amides is 2. The van der Waals surface area contributed by atoms with Crippen molar-refractivity contribution in [3.63, 3.8) is 0 Å². The Kier molecular flexibility index (Phi) is 5.24. The molecular weight excluding hydrogens is 284 g/mol. The Balaban J connectivity index is 1.61. The summed E-state index contributed by atoms with van der Waals surface area (Å²) in [6.07, 6.45) is 0.398. The lowest BCUT2D eigenvalue weighted by Gasteiger charge is -2.15. The topological polar surface area (TPSA) is 95.9 Å². The first-order valence-electron chi connectivity index (χ1n) is 6.63. The molecule has 8 heteroatoms. The Morgan fingerprint density at radius 2 is 2.25 bits per heavy atom. The van der Waals surface area contributed by atoms with Crippen LogP contribution in [0.15, 0.2) is 0 Å². The molecule has 2 N–H and O–H groups in total. The third kappa shape index (κ3) is 4.11. The molecule has 20 heavy (non-hydrogen) atoms. The molecule has 112 valence electrons. The normalized spacial score (nSPS) is 26.0. The van der Waals surface area contributed by atoms with Gasteiger partial charge in [0.2, 0.25) is 5.91 Å². The predicted octanol–water partition coefficient (Wildman–Crippen LogP) is 0.294. The van der Waals surface area contributed by atoms with Crippen LogP contribution in [0.25, 0.3) is 0 Å². The van der Waals surface area contributed by atoms with Crippen molar-refractivity contribution >= 4 is 28.9 Å². The number of aliphatic carboxylic acids is 1. The maximum absolute atomic E-state index is 11.7. The summed E-state index contributed by atoms with van der Waals surface area (Å²) in [5.74, 6) is -0.312. The number of carboxylic acid groups (broad SMARTS) is 1. The zero-order chi connectivity index (χ0) is 14.5. The van der Waals surface area contributed by atoms with Gasteiger partial charge in [-0.15, -0.1) is 0 Å². The SMILES string of the molecule is O=C(CCN1CCSC1=O)NCC1CCC(C(=O)O)O1. The van der Waals surface area contributed by atoms with Gasteiger partial charge in [0.05, 0.1) is 6.10 Å². The smallest absolute Gasteiger partial charge is 0.332 e. The summed E-state index contributed by atoms with van der Waals surface area (Å²) >= 11 is 1.27. The van der Waals surface area contributed by atoms with E-state index in [1.165, 1.54) is 11.8 Å². The summed E-state index contributed by atoms with van der Waals surface area (Å²) in [4.78, 5) is 35.4. The quantitative estimate of drug-likeness (QED) is 0.732. The minimum atomic E-state index is -0.955. The van der Waals surface area contributed by atoms with E-state index in [-0.39, 0.29) is 23.7 Å². The first kappa shape index (κ1) is 15.1. The summed E-state index contributed by atoms with van der Waals surface area (Å²) in [7, 11) is 0. The molecule has 0 radical (unpaired) electrons. The highest BCUT2D eigenvalue weighted by Crippen LogP contribution is 2.19. The minimum Gasteiger partial charge on any atom is -0.479 e. The van der Waals surface area contributed by atoms with Crippen molar-refractivity contribution < 1.29 is 24.2 Å². The second-order valence-corrected chi connectivity index (χ2v) is 5.86. The van der Waals surface area contributed by atoms with E-state index in [0.29, 0.717) is 32.5 Å². The van der Waals surface area contributed by atoms with Gasteiger partial charge in [0.1, 0.15) is 0 Å². The van der Waals surface area contributed by atoms with Crippen LogP contribution in [-0.2, 0) is 14.3 Å². The van der Waals surface area contributed by atoms with Gasteiger partial charge in [0, 0.05) is 31.8 Å². The maximum Gasteiger partial charge on any atom is 0.332 e. The number of nitrogens with one attached hydrogen (secondary N) is 1.